The number of benzene rings is 1. The van der Waals surface area contributed by atoms with E-state index < -0.39 is 24.7 Å². The maximum absolute atomic E-state index is 13.6. The Hall–Kier alpha value is -1.01. The molecule has 0 bridgehead atoms. The molecule has 2 rings (SSSR count). The highest BCUT2D eigenvalue weighted by molar-refractivity contribution is 7.98. The largest absolute Gasteiger partial charge is 0.443 e. The molecule has 1 aliphatic heterocycles. The van der Waals surface area contributed by atoms with Crippen LogP contribution < -0.4 is 5.32 Å². The molecule has 0 radical (unpaired) electrons. The molecule has 1 aromatic rings. The van der Waals surface area contributed by atoms with Crippen molar-refractivity contribution >= 4 is 30.3 Å². The van der Waals surface area contributed by atoms with Gasteiger partial charge in [-0.05, 0) is 24.0 Å². The maximum Gasteiger partial charge on any atom is 0.408 e. The van der Waals surface area contributed by atoms with E-state index in [9.17, 15) is 13.6 Å². The number of cyclic esters (lactones) is 1. The van der Waals surface area contributed by atoms with E-state index in [1.165, 1.54) is 11.8 Å². The summed E-state index contributed by atoms with van der Waals surface area (Å²) in [4.78, 5) is 12.0. The van der Waals surface area contributed by atoms with Crippen LogP contribution in [0.25, 0.3) is 0 Å². The van der Waals surface area contributed by atoms with Gasteiger partial charge in [0.2, 0.25) is 0 Å². The Morgan fingerprint density at radius 3 is 2.56 bits per heavy atom. The third kappa shape index (κ3) is 3.05. The normalized spacial score (nSPS) is 21.5. The van der Waals surface area contributed by atoms with Crippen molar-refractivity contribution < 1.29 is 18.3 Å². The fourth-order valence-corrected chi connectivity index (χ4v) is 2.04. The number of carbonyl (C=O) groups is 1. The van der Waals surface area contributed by atoms with Crippen LogP contribution in [0.4, 0.5) is 13.6 Å². The highest BCUT2D eigenvalue weighted by Gasteiger charge is 2.46. The van der Waals surface area contributed by atoms with Crippen molar-refractivity contribution in [3.8, 4) is 0 Å². The molecule has 1 heterocycles. The number of halogens is 3. The molecule has 0 saturated carbocycles. The maximum atomic E-state index is 13.6. The minimum Gasteiger partial charge on any atom is -0.443 e. The van der Waals surface area contributed by atoms with Gasteiger partial charge in [-0.1, -0.05) is 12.1 Å². The lowest BCUT2D eigenvalue weighted by Gasteiger charge is -2.31. The quantitative estimate of drug-likeness (QED) is 0.851. The van der Waals surface area contributed by atoms with Crippen molar-refractivity contribution in [2.75, 3.05) is 12.9 Å². The summed E-state index contributed by atoms with van der Waals surface area (Å²) in [5, 5.41) is 2.14. The fourth-order valence-electron chi connectivity index (χ4n) is 1.63. The molecule has 1 N–H and O–H groups in total. The van der Waals surface area contributed by atoms with Gasteiger partial charge in [0.25, 0.3) is 0 Å². The summed E-state index contributed by atoms with van der Waals surface area (Å²) in [6.45, 7) is -0.881. The number of rotatable bonds is 2. The molecule has 0 spiro atoms. The highest BCUT2D eigenvalue weighted by Crippen LogP contribution is 2.34. The van der Waals surface area contributed by atoms with Gasteiger partial charge in [-0.15, -0.1) is 24.2 Å². The molecule has 1 saturated heterocycles. The molecule has 1 aromatic carbocycles. The summed E-state index contributed by atoms with van der Waals surface area (Å²) in [6, 6.07) is 5.36. The summed E-state index contributed by atoms with van der Waals surface area (Å²) < 4.78 is 31.4. The number of alkyl carbamates (subject to hydrolysis) is 1. The van der Waals surface area contributed by atoms with Crippen LogP contribution in [0.5, 0.6) is 0 Å². The molecule has 0 aliphatic carbocycles. The van der Waals surface area contributed by atoms with E-state index in [-0.39, 0.29) is 12.4 Å². The van der Waals surface area contributed by atoms with E-state index in [4.69, 9.17) is 0 Å². The van der Waals surface area contributed by atoms with Gasteiger partial charge in [-0.25, -0.2) is 13.6 Å². The number of nitrogens with one attached hydrogen (secondary N) is 1. The first-order valence-corrected chi connectivity index (χ1v) is 6.20. The predicted molar refractivity (Wildman–Crippen MR) is 67.6 cm³/mol. The lowest BCUT2D eigenvalue weighted by atomic mass is 10.0. The molecular formula is C11H12ClF2NO2S. The van der Waals surface area contributed by atoms with Crippen LogP contribution in [-0.4, -0.2) is 24.9 Å². The topological polar surface area (TPSA) is 38.3 Å². The minimum absolute atomic E-state index is 0. The third-order valence-corrected chi connectivity index (χ3v) is 3.27. The average Bonchev–Trinajstić information content (AvgIpc) is 2.33. The van der Waals surface area contributed by atoms with E-state index in [2.05, 4.69) is 10.1 Å². The van der Waals surface area contributed by atoms with E-state index >= 15 is 0 Å². The smallest absolute Gasteiger partial charge is 0.408 e. The Balaban J connectivity index is 0.00000162. The van der Waals surface area contributed by atoms with Crippen LogP contribution in [0, 0.1) is 0 Å². The Labute approximate surface area is 114 Å². The summed E-state index contributed by atoms with van der Waals surface area (Å²) in [6.07, 6.45) is 1.09. The molecule has 3 nitrogen and oxygen atoms in total. The van der Waals surface area contributed by atoms with Gasteiger partial charge < -0.3 is 10.1 Å². The van der Waals surface area contributed by atoms with Crippen LogP contribution in [0.3, 0.4) is 0 Å². The van der Waals surface area contributed by atoms with Crippen LogP contribution in [0.15, 0.2) is 29.2 Å². The van der Waals surface area contributed by atoms with Crippen molar-refractivity contribution in [1.82, 2.24) is 5.32 Å². The molecule has 0 unspecified atom stereocenters. The second kappa shape index (κ2) is 5.75. The minimum atomic E-state index is -3.09. The molecule has 1 amide bonds. The Morgan fingerprint density at radius 1 is 1.39 bits per heavy atom. The lowest BCUT2D eigenvalue weighted by molar-refractivity contribution is -0.104. The zero-order valence-electron chi connectivity index (χ0n) is 9.48. The van der Waals surface area contributed by atoms with E-state index in [0.29, 0.717) is 5.56 Å². The molecule has 18 heavy (non-hydrogen) atoms. The Bertz CT molecular complexity index is 428. The first-order valence-electron chi connectivity index (χ1n) is 4.98. The van der Waals surface area contributed by atoms with E-state index in [0.717, 1.165) is 4.90 Å². The van der Waals surface area contributed by atoms with Crippen LogP contribution in [-0.2, 0) is 4.74 Å². The van der Waals surface area contributed by atoms with Crippen LogP contribution in [0.2, 0.25) is 0 Å². The number of thioether (sulfide) groups is 1. The molecule has 1 fully saturated rings. The Morgan fingerprint density at radius 2 is 2.00 bits per heavy atom. The van der Waals surface area contributed by atoms with Gasteiger partial charge in [0, 0.05) is 4.90 Å². The number of carbonyl (C=O) groups excluding carboxylic acids is 1. The number of amides is 1. The first kappa shape index (κ1) is 15.0. The van der Waals surface area contributed by atoms with Gasteiger partial charge in [0.1, 0.15) is 6.04 Å². The molecule has 0 aromatic heterocycles. The zero-order valence-corrected chi connectivity index (χ0v) is 11.1. The van der Waals surface area contributed by atoms with Crippen molar-refractivity contribution in [2.24, 2.45) is 0 Å². The van der Waals surface area contributed by atoms with Gasteiger partial charge in [0.15, 0.2) is 6.61 Å². The van der Waals surface area contributed by atoms with Crippen molar-refractivity contribution in [2.45, 2.75) is 16.9 Å². The molecule has 7 heteroatoms. The standard InChI is InChI=1S/C11H11F2NO2S.ClH/c1-17-8-4-2-7(3-5-8)9-11(12,13)6-16-10(15)14-9;/h2-5,9H,6H2,1H3,(H,14,15);1H/t9-;/m1./s1. The second-order valence-electron chi connectivity index (χ2n) is 3.69. The first-order chi connectivity index (χ1) is 8.03. The van der Waals surface area contributed by atoms with Gasteiger partial charge in [0.05, 0.1) is 0 Å². The SMILES string of the molecule is CSc1ccc([C@H]2NC(=O)OCC2(F)F)cc1.Cl. The predicted octanol–water partition coefficient (Wildman–Crippen LogP) is 3.25. The molecular weight excluding hydrogens is 284 g/mol. The summed E-state index contributed by atoms with van der Waals surface area (Å²) in [7, 11) is 0. The fraction of sp³-hybridized carbons (Fsp3) is 0.364. The lowest BCUT2D eigenvalue weighted by Crippen LogP contribution is -2.49. The molecule has 1 atom stereocenters. The number of hydrogen-bond acceptors (Lipinski definition) is 3. The number of hydrogen-bond donors (Lipinski definition) is 1. The zero-order chi connectivity index (χ0) is 12.5. The number of alkyl halides is 2. The van der Waals surface area contributed by atoms with Gasteiger partial charge in [-0.2, -0.15) is 0 Å². The van der Waals surface area contributed by atoms with Gasteiger partial charge in [-0.3, -0.25) is 0 Å². The van der Waals surface area contributed by atoms with Crippen LogP contribution >= 0.6 is 24.2 Å². The van der Waals surface area contributed by atoms with Crippen molar-refractivity contribution in [3.05, 3.63) is 29.8 Å². The van der Waals surface area contributed by atoms with Gasteiger partial charge >= 0.3 is 12.0 Å². The molecule has 100 valence electrons. The molecule has 1 aliphatic rings. The van der Waals surface area contributed by atoms with Crippen molar-refractivity contribution in [3.63, 3.8) is 0 Å². The Kier molecular flexibility index (Phi) is 4.81. The third-order valence-electron chi connectivity index (χ3n) is 2.53. The number of ether oxygens (including phenoxy) is 1. The highest BCUT2D eigenvalue weighted by atomic mass is 35.5. The monoisotopic (exact) mass is 295 g/mol. The summed E-state index contributed by atoms with van der Waals surface area (Å²) in [5.41, 5.74) is 0.379. The summed E-state index contributed by atoms with van der Waals surface area (Å²) in [5.74, 6) is -3.09. The van der Waals surface area contributed by atoms with E-state index in [1.54, 1.807) is 24.3 Å². The van der Waals surface area contributed by atoms with E-state index in [1.807, 2.05) is 6.26 Å². The average molecular weight is 296 g/mol. The summed E-state index contributed by atoms with van der Waals surface area (Å²) >= 11 is 1.53. The second-order valence-corrected chi connectivity index (χ2v) is 4.57. The van der Waals surface area contributed by atoms with Crippen molar-refractivity contribution in [1.29, 1.82) is 0 Å². The van der Waals surface area contributed by atoms with Crippen LogP contribution in [0.1, 0.15) is 11.6 Å².